The summed E-state index contributed by atoms with van der Waals surface area (Å²) in [4.78, 5) is 14.3. The highest BCUT2D eigenvalue weighted by Crippen LogP contribution is 2.26. The average Bonchev–Trinajstić information content (AvgIpc) is 2.34. The minimum atomic E-state index is -0.940. The van der Waals surface area contributed by atoms with Gasteiger partial charge in [0.05, 0.1) is 11.0 Å². The van der Waals surface area contributed by atoms with E-state index in [1.54, 1.807) is 30.9 Å². The van der Waals surface area contributed by atoms with E-state index in [0.717, 1.165) is 5.56 Å². The number of carbonyl (C=O) groups is 1. The molecule has 0 aliphatic carbocycles. The Morgan fingerprint density at radius 1 is 1.20 bits per heavy atom. The van der Waals surface area contributed by atoms with Crippen LogP contribution < -0.4 is 0 Å². The maximum atomic E-state index is 13.0. The molecule has 0 atom stereocenters. The van der Waals surface area contributed by atoms with Crippen LogP contribution in [0.3, 0.4) is 0 Å². The summed E-state index contributed by atoms with van der Waals surface area (Å²) in [6.45, 7) is 9.65. The van der Waals surface area contributed by atoms with Crippen molar-refractivity contribution in [1.29, 1.82) is 0 Å². The van der Waals surface area contributed by atoms with Crippen molar-refractivity contribution >= 4 is 5.91 Å². The van der Waals surface area contributed by atoms with Crippen molar-refractivity contribution in [2.75, 3.05) is 13.1 Å². The summed E-state index contributed by atoms with van der Waals surface area (Å²) in [7, 11) is 0. The predicted molar refractivity (Wildman–Crippen MR) is 78.0 cm³/mol. The largest absolute Gasteiger partial charge is 0.389 e. The first-order valence-corrected chi connectivity index (χ1v) is 6.85. The van der Waals surface area contributed by atoms with Gasteiger partial charge in [0.2, 0.25) is 5.91 Å². The van der Waals surface area contributed by atoms with E-state index >= 15 is 0 Å². The van der Waals surface area contributed by atoms with Gasteiger partial charge in [0, 0.05) is 13.1 Å². The third-order valence-corrected chi connectivity index (χ3v) is 3.35. The Morgan fingerprint density at radius 3 is 2.10 bits per heavy atom. The maximum Gasteiger partial charge on any atom is 0.232 e. The fourth-order valence-electron chi connectivity index (χ4n) is 2.18. The number of rotatable bonds is 5. The van der Waals surface area contributed by atoms with Crippen LogP contribution in [0.5, 0.6) is 0 Å². The monoisotopic (exact) mass is 281 g/mol. The third kappa shape index (κ3) is 4.04. The van der Waals surface area contributed by atoms with Crippen molar-refractivity contribution in [3.63, 3.8) is 0 Å². The van der Waals surface area contributed by atoms with E-state index < -0.39 is 11.0 Å². The Hall–Kier alpha value is -1.42. The second kappa shape index (κ2) is 5.92. The smallest absolute Gasteiger partial charge is 0.232 e. The molecule has 1 amide bonds. The van der Waals surface area contributed by atoms with Gasteiger partial charge >= 0.3 is 0 Å². The van der Waals surface area contributed by atoms with Gasteiger partial charge in [0.15, 0.2) is 0 Å². The highest BCUT2D eigenvalue weighted by molar-refractivity contribution is 5.87. The second-order valence-electron chi connectivity index (χ2n) is 6.26. The Balaban J connectivity index is 3.00. The molecule has 0 aliphatic rings. The molecule has 1 aromatic carbocycles. The number of nitrogens with zero attached hydrogens (tertiary/aromatic N) is 1. The van der Waals surface area contributed by atoms with Gasteiger partial charge in [-0.2, -0.15) is 0 Å². The number of amides is 1. The Bertz CT molecular complexity index is 460. The lowest BCUT2D eigenvalue weighted by atomic mass is 9.83. The van der Waals surface area contributed by atoms with Crippen LogP contribution in [0, 0.1) is 5.82 Å². The highest BCUT2D eigenvalue weighted by atomic mass is 19.1. The fourth-order valence-corrected chi connectivity index (χ4v) is 2.18. The summed E-state index contributed by atoms with van der Waals surface area (Å²) in [5, 5.41) is 9.90. The van der Waals surface area contributed by atoms with Gasteiger partial charge in [-0.1, -0.05) is 12.1 Å². The molecule has 3 nitrogen and oxygen atoms in total. The number of aliphatic hydroxyl groups is 1. The zero-order valence-electron chi connectivity index (χ0n) is 12.9. The molecule has 1 aromatic rings. The topological polar surface area (TPSA) is 40.5 Å². The molecular weight excluding hydrogens is 257 g/mol. The van der Waals surface area contributed by atoms with Gasteiger partial charge in [0.25, 0.3) is 0 Å². The van der Waals surface area contributed by atoms with Crippen molar-refractivity contribution in [3.8, 4) is 0 Å². The van der Waals surface area contributed by atoms with E-state index in [-0.39, 0.29) is 18.3 Å². The quantitative estimate of drug-likeness (QED) is 0.901. The van der Waals surface area contributed by atoms with Gasteiger partial charge in [0.1, 0.15) is 5.82 Å². The lowest BCUT2D eigenvalue weighted by Gasteiger charge is -2.35. The van der Waals surface area contributed by atoms with Crippen LogP contribution in [0.1, 0.15) is 40.2 Å². The molecule has 4 heteroatoms. The number of hydrogen-bond donors (Lipinski definition) is 1. The Labute approximate surface area is 120 Å². The number of benzene rings is 1. The molecule has 0 fully saturated rings. The number of halogens is 1. The summed E-state index contributed by atoms with van der Waals surface area (Å²) in [5.41, 5.74) is -0.933. The molecule has 20 heavy (non-hydrogen) atoms. The molecule has 1 rings (SSSR count). The van der Waals surface area contributed by atoms with Gasteiger partial charge in [-0.3, -0.25) is 4.79 Å². The van der Waals surface area contributed by atoms with Crippen molar-refractivity contribution in [1.82, 2.24) is 4.90 Å². The van der Waals surface area contributed by atoms with E-state index in [0.29, 0.717) is 6.54 Å². The molecule has 0 heterocycles. The number of likely N-dealkylation sites (N-methyl/N-ethyl adjacent to an activating group) is 1. The van der Waals surface area contributed by atoms with Gasteiger partial charge in [-0.05, 0) is 52.3 Å². The summed E-state index contributed by atoms with van der Waals surface area (Å²) >= 11 is 0. The van der Waals surface area contributed by atoms with E-state index in [1.807, 2.05) is 20.8 Å². The minimum Gasteiger partial charge on any atom is -0.389 e. The maximum absolute atomic E-state index is 13.0. The van der Waals surface area contributed by atoms with Crippen molar-refractivity contribution in [2.24, 2.45) is 0 Å². The summed E-state index contributed by atoms with van der Waals surface area (Å²) < 4.78 is 13.0. The lowest BCUT2D eigenvalue weighted by Crippen LogP contribution is -2.48. The predicted octanol–water partition coefficient (Wildman–Crippen LogP) is 2.72. The van der Waals surface area contributed by atoms with Crippen molar-refractivity contribution in [2.45, 2.75) is 45.6 Å². The first kappa shape index (κ1) is 16.6. The normalized spacial score (nSPS) is 12.3. The molecule has 0 saturated heterocycles. The molecule has 112 valence electrons. The zero-order valence-corrected chi connectivity index (χ0v) is 12.9. The molecule has 0 radical (unpaired) electrons. The Kier molecular flexibility index (Phi) is 4.92. The highest BCUT2D eigenvalue weighted by Gasteiger charge is 2.34. The summed E-state index contributed by atoms with van der Waals surface area (Å²) in [6, 6.07) is 5.98. The molecule has 0 bridgehead atoms. The van der Waals surface area contributed by atoms with Crippen molar-refractivity contribution < 1.29 is 14.3 Å². The molecule has 1 N–H and O–H groups in total. The van der Waals surface area contributed by atoms with Crippen LogP contribution in [0.15, 0.2) is 24.3 Å². The standard InChI is InChI=1S/C16H24FNO2/c1-6-18(11-15(2,3)20)14(19)16(4,5)12-7-9-13(17)10-8-12/h7-10,20H,6,11H2,1-5H3. The molecule has 0 spiro atoms. The van der Waals surface area contributed by atoms with Gasteiger partial charge in [-0.25, -0.2) is 4.39 Å². The number of hydrogen-bond acceptors (Lipinski definition) is 2. The first-order valence-electron chi connectivity index (χ1n) is 6.85. The van der Waals surface area contributed by atoms with Crippen LogP contribution in [-0.4, -0.2) is 34.6 Å². The van der Waals surface area contributed by atoms with E-state index in [9.17, 15) is 14.3 Å². The third-order valence-electron chi connectivity index (χ3n) is 3.35. The molecular formula is C16H24FNO2. The zero-order chi connectivity index (χ0) is 15.6. The van der Waals surface area contributed by atoms with Crippen LogP contribution in [0.25, 0.3) is 0 Å². The molecule has 0 saturated carbocycles. The molecule has 0 unspecified atom stereocenters. The second-order valence-corrected chi connectivity index (χ2v) is 6.26. The van der Waals surface area contributed by atoms with Gasteiger partial charge in [-0.15, -0.1) is 0 Å². The first-order chi connectivity index (χ1) is 9.08. The summed E-state index contributed by atoms with van der Waals surface area (Å²) in [5.74, 6) is -0.394. The molecule has 0 aromatic heterocycles. The van der Waals surface area contributed by atoms with Gasteiger partial charge < -0.3 is 10.0 Å². The Morgan fingerprint density at radius 2 is 1.70 bits per heavy atom. The van der Waals surface area contributed by atoms with E-state index in [1.165, 1.54) is 12.1 Å². The summed E-state index contributed by atoms with van der Waals surface area (Å²) in [6.07, 6.45) is 0. The van der Waals surface area contributed by atoms with Crippen LogP contribution in [0.4, 0.5) is 4.39 Å². The lowest BCUT2D eigenvalue weighted by molar-refractivity contribution is -0.139. The SMILES string of the molecule is CCN(CC(C)(C)O)C(=O)C(C)(C)c1ccc(F)cc1. The van der Waals surface area contributed by atoms with Crippen molar-refractivity contribution in [3.05, 3.63) is 35.6 Å². The van der Waals surface area contributed by atoms with E-state index in [2.05, 4.69) is 0 Å². The minimum absolute atomic E-state index is 0.0752. The fraction of sp³-hybridized carbons (Fsp3) is 0.562. The average molecular weight is 281 g/mol. The van der Waals surface area contributed by atoms with E-state index in [4.69, 9.17) is 0 Å². The van der Waals surface area contributed by atoms with Crippen LogP contribution >= 0.6 is 0 Å². The number of carbonyl (C=O) groups excluding carboxylic acids is 1. The van der Waals surface area contributed by atoms with Crippen LogP contribution in [-0.2, 0) is 10.2 Å². The molecule has 0 aliphatic heterocycles. The van der Waals surface area contributed by atoms with Crippen LogP contribution in [0.2, 0.25) is 0 Å².